The number of amides is 1. The van der Waals surface area contributed by atoms with Gasteiger partial charge in [0.1, 0.15) is 18.2 Å². The Morgan fingerprint density at radius 2 is 1.59 bits per heavy atom. The van der Waals surface area contributed by atoms with Crippen molar-refractivity contribution in [1.29, 1.82) is 5.26 Å². The molecule has 4 aromatic rings. The van der Waals surface area contributed by atoms with E-state index in [1.807, 2.05) is 84.9 Å². The van der Waals surface area contributed by atoms with Gasteiger partial charge in [-0.2, -0.15) is 5.26 Å². The monoisotopic (exact) mass is 449 g/mol. The number of carboxylic acid groups (broad SMARTS) is 1. The maximum absolute atomic E-state index is 13.6. The summed E-state index contributed by atoms with van der Waals surface area (Å²) in [7, 11) is 0. The first kappa shape index (κ1) is 22.6. The number of para-hydroxylation sites is 2. The minimum Gasteiger partial charge on any atom is -0.480 e. The Morgan fingerprint density at radius 3 is 2.26 bits per heavy atom. The Hall–Kier alpha value is -4.63. The molecule has 4 rings (SSSR count). The van der Waals surface area contributed by atoms with Crippen molar-refractivity contribution < 1.29 is 14.7 Å². The second-order valence-electron chi connectivity index (χ2n) is 7.82. The van der Waals surface area contributed by atoms with E-state index in [2.05, 4.69) is 6.07 Å². The standard InChI is InChI=1S/C28H23N3O3/c29-18-22(17-23-19-30(20-27(32)33)26-14-8-7-13-25(23)26)28(34)31(24-11-5-2-6-12-24)16-15-21-9-3-1-4-10-21/h1-14,17,19H,15-16,20H2,(H,32,33)/b22-17+. The van der Waals surface area contributed by atoms with E-state index in [1.165, 1.54) is 0 Å². The molecule has 0 aliphatic heterocycles. The predicted octanol–water partition coefficient (Wildman–Crippen LogP) is 4.91. The molecule has 1 heterocycles. The summed E-state index contributed by atoms with van der Waals surface area (Å²) < 4.78 is 1.60. The first-order valence-electron chi connectivity index (χ1n) is 10.9. The average molecular weight is 450 g/mol. The zero-order valence-electron chi connectivity index (χ0n) is 18.5. The number of hydrogen-bond donors (Lipinski definition) is 1. The van der Waals surface area contributed by atoms with Gasteiger partial charge in [-0.1, -0.05) is 66.7 Å². The van der Waals surface area contributed by atoms with E-state index < -0.39 is 11.9 Å². The van der Waals surface area contributed by atoms with E-state index >= 15 is 0 Å². The first-order valence-corrected chi connectivity index (χ1v) is 10.9. The summed E-state index contributed by atoms with van der Waals surface area (Å²) >= 11 is 0. The van der Waals surface area contributed by atoms with E-state index in [-0.39, 0.29) is 12.1 Å². The lowest BCUT2D eigenvalue weighted by Gasteiger charge is -2.22. The number of benzene rings is 3. The highest BCUT2D eigenvalue weighted by atomic mass is 16.4. The van der Waals surface area contributed by atoms with E-state index in [4.69, 9.17) is 0 Å². The molecule has 0 radical (unpaired) electrons. The normalized spacial score (nSPS) is 11.2. The third-order valence-electron chi connectivity index (χ3n) is 5.56. The van der Waals surface area contributed by atoms with Gasteiger partial charge in [0, 0.05) is 34.9 Å². The fraction of sp³-hybridized carbons (Fsp3) is 0.107. The summed E-state index contributed by atoms with van der Waals surface area (Å²) in [5, 5.41) is 19.9. The van der Waals surface area contributed by atoms with Crippen LogP contribution in [0, 0.1) is 11.3 Å². The van der Waals surface area contributed by atoms with Gasteiger partial charge in [-0.3, -0.25) is 9.59 Å². The lowest BCUT2D eigenvalue weighted by atomic mass is 10.1. The van der Waals surface area contributed by atoms with Crippen LogP contribution in [0.15, 0.2) is 96.7 Å². The van der Waals surface area contributed by atoms with Crippen LogP contribution in [-0.4, -0.2) is 28.1 Å². The van der Waals surface area contributed by atoms with E-state index in [9.17, 15) is 20.0 Å². The highest BCUT2D eigenvalue weighted by molar-refractivity contribution is 6.12. The van der Waals surface area contributed by atoms with Crippen LogP contribution in [0.1, 0.15) is 11.1 Å². The third kappa shape index (κ3) is 5.05. The number of hydrogen-bond acceptors (Lipinski definition) is 3. The fourth-order valence-corrected chi connectivity index (χ4v) is 3.95. The lowest BCUT2D eigenvalue weighted by Crippen LogP contribution is -2.33. The molecular weight excluding hydrogens is 426 g/mol. The number of aromatic nitrogens is 1. The lowest BCUT2D eigenvalue weighted by molar-refractivity contribution is -0.137. The number of carboxylic acids is 1. The molecule has 1 amide bonds. The number of nitriles is 1. The van der Waals surface area contributed by atoms with Gasteiger partial charge in [0.15, 0.2) is 0 Å². The average Bonchev–Trinajstić information content (AvgIpc) is 3.20. The Labute approximate surface area is 197 Å². The van der Waals surface area contributed by atoms with Crippen molar-refractivity contribution in [1.82, 2.24) is 4.57 Å². The number of anilines is 1. The largest absolute Gasteiger partial charge is 0.480 e. The molecule has 3 aromatic carbocycles. The van der Waals surface area contributed by atoms with Crippen molar-refractivity contribution in [2.75, 3.05) is 11.4 Å². The highest BCUT2D eigenvalue weighted by Gasteiger charge is 2.21. The first-order chi connectivity index (χ1) is 16.6. The minimum absolute atomic E-state index is 0.0184. The molecule has 34 heavy (non-hydrogen) atoms. The van der Waals surface area contributed by atoms with Crippen LogP contribution in [0.25, 0.3) is 17.0 Å². The molecule has 0 spiro atoms. The second kappa shape index (κ2) is 10.3. The quantitative estimate of drug-likeness (QED) is 0.306. The highest BCUT2D eigenvalue weighted by Crippen LogP contribution is 2.25. The SMILES string of the molecule is N#C/C(=C\c1cn(CC(=O)O)c2ccccc12)C(=O)N(CCc1ccccc1)c1ccccc1. The molecule has 0 aliphatic carbocycles. The minimum atomic E-state index is -0.968. The van der Waals surface area contributed by atoms with Crippen molar-refractivity contribution in [3.63, 3.8) is 0 Å². The molecule has 6 nitrogen and oxygen atoms in total. The van der Waals surface area contributed by atoms with Gasteiger partial charge >= 0.3 is 5.97 Å². The van der Waals surface area contributed by atoms with Crippen LogP contribution in [0.3, 0.4) is 0 Å². The van der Waals surface area contributed by atoms with Crippen LogP contribution in [0.2, 0.25) is 0 Å². The van der Waals surface area contributed by atoms with E-state index in [0.717, 1.165) is 16.5 Å². The summed E-state index contributed by atoms with van der Waals surface area (Å²) in [6.07, 6.45) is 3.85. The molecule has 0 bridgehead atoms. The molecule has 0 fully saturated rings. The molecule has 0 atom stereocenters. The molecule has 0 aliphatic rings. The van der Waals surface area contributed by atoms with E-state index in [1.54, 1.807) is 21.7 Å². The van der Waals surface area contributed by atoms with Crippen molar-refractivity contribution in [2.45, 2.75) is 13.0 Å². The Balaban J connectivity index is 1.70. The Kier molecular flexibility index (Phi) is 6.85. The fourth-order valence-electron chi connectivity index (χ4n) is 3.95. The van der Waals surface area contributed by atoms with E-state index in [0.29, 0.717) is 24.2 Å². The summed E-state index contributed by atoms with van der Waals surface area (Å²) in [4.78, 5) is 26.5. The number of nitrogens with zero attached hydrogens (tertiary/aromatic N) is 3. The van der Waals surface area contributed by atoms with Crippen molar-refractivity contribution >= 4 is 34.5 Å². The maximum atomic E-state index is 13.6. The zero-order chi connectivity index (χ0) is 23.9. The summed E-state index contributed by atoms with van der Waals surface area (Å²) in [6, 6.07) is 28.5. The van der Waals surface area contributed by atoms with Gasteiger partial charge in [0.05, 0.1) is 0 Å². The molecule has 168 valence electrons. The second-order valence-corrected chi connectivity index (χ2v) is 7.82. The summed E-state index contributed by atoms with van der Waals surface area (Å²) in [5.74, 6) is -1.37. The third-order valence-corrected chi connectivity index (χ3v) is 5.56. The van der Waals surface area contributed by atoms with Gasteiger partial charge < -0.3 is 14.6 Å². The number of aliphatic carboxylic acids is 1. The number of fused-ring (bicyclic) bond motifs is 1. The zero-order valence-corrected chi connectivity index (χ0v) is 18.5. The number of carbonyl (C=O) groups is 2. The number of carbonyl (C=O) groups excluding carboxylic acids is 1. The predicted molar refractivity (Wildman–Crippen MR) is 132 cm³/mol. The van der Waals surface area contributed by atoms with Gasteiger partial charge in [-0.05, 0) is 36.3 Å². The van der Waals surface area contributed by atoms with Crippen molar-refractivity contribution in [2.24, 2.45) is 0 Å². The summed E-state index contributed by atoms with van der Waals surface area (Å²) in [6.45, 7) is 0.198. The van der Waals surface area contributed by atoms with Crippen molar-refractivity contribution in [3.05, 3.63) is 108 Å². The maximum Gasteiger partial charge on any atom is 0.323 e. The van der Waals surface area contributed by atoms with Gasteiger partial charge in [0.2, 0.25) is 0 Å². The molecule has 0 unspecified atom stereocenters. The topological polar surface area (TPSA) is 86.3 Å². The molecule has 0 saturated heterocycles. The molecule has 0 saturated carbocycles. The molecule has 1 aromatic heterocycles. The molecule has 1 N–H and O–H groups in total. The summed E-state index contributed by atoms with van der Waals surface area (Å²) in [5.41, 5.74) is 3.13. The van der Waals surface area contributed by atoms with Crippen LogP contribution >= 0.6 is 0 Å². The van der Waals surface area contributed by atoms with Crippen LogP contribution in [0.4, 0.5) is 5.69 Å². The Morgan fingerprint density at radius 1 is 0.941 bits per heavy atom. The molecule has 6 heteroatoms. The van der Waals surface area contributed by atoms with Crippen LogP contribution in [0.5, 0.6) is 0 Å². The molecular formula is C28H23N3O3. The Bertz CT molecular complexity index is 1380. The van der Waals surface area contributed by atoms with Crippen molar-refractivity contribution in [3.8, 4) is 6.07 Å². The van der Waals surface area contributed by atoms with Gasteiger partial charge in [-0.15, -0.1) is 0 Å². The van der Waals surface area contributed by atoms with Crippen LogP contribution in [-0.2, 0) is 22.6 Å². The van der Waals surface area contributed by atoms with Gasteiger partial charge in [0.25, 0.3) is 5.91 Å². The number of rotatable bonds is 8. The van der Waals surface area contributed by atoms with Crippen LogP contribution < -0.4 is 4.90 Å². The smallest absolute Gasteiger partial charge is 0.323 e. The van der Waals surface area contributed by atoms with Gasteiger partial charge in [-0.25, -0.2) is 0 Å².